The van der Waals surface area contributed by atoms with Crippen molar-refractivity contribution in [2.24, 2.45) is 52.3 Å². The van der Waals surface area contributed by atoms with Crippen LogP contribution in [-0.4, -0.2) is 17.9 Å². The van der Waals surface area contributed by atoms with E-state index in [1.807, 2.05) is 0 Å². The third-order valence-electron chi connectivity index (χ3n) is 11.8. The standard InChI is InChI=1S/C30H50O3/c1-19(2)8-7-9-20(3)24-12-13-25-23-11-10-22-18-30(32-21(4)31)27(33-30)15-17-28(22,5)26(23)14-16-29(24,25)6/h19-20,22-27H,7-18H2,1-6H3/t20-,22+,23-,24+,25-,26-,27-,28+,29-,30-/m1/s1. The minimum atomic E-state index is -0.575. The maximum atomic E-state index is 11.8. The van der Waals surface area contributed by atoms with Gasteiger partial charge in [0.15, 0.2) is 0 Å². The molecular formula is C30H50O3. The first-order valence-electron chi connectivity index (χ1n) is 14.5. The Morgan fingerprint density at radius 2 is 1.67 bits per heavy atom. The fraction of sp³-hybridized carbons (Fsp3) is 0.967. The van der Waals surface area contributed by atoms with Gasteiger partial charge in [0.1, 0.15) is 6.10 Å². The Bertz CT molecular complexity index is 747. The molecule has 188 valence electrons. The molecule has 4 aliphatic carbocycles. The lowest BCUT2D eigenvalue weighted by Gasteiger charge is -2.59. The quantitative estimate of drug-likeness (QED) is 0.301. The lowest BCUT2D eigenvalue weighted by molar-refractivity contribution is -0.163. The fourth-order valence-electron chi connectivity index (χ4n) is 10.1. The summed E-state index contributed by atoms with van der Waals surface area (Å²) in [6.07, 6.45) is 16.1. The number of epoxide rings is 1. The Balaban J connectivity index is 1.29. The summed E-state index contributed by atoms with van der Waals surface area (Å²) in [5.74, 6) is 5.25. The molecule has 0 aromatic heterocycles. The van der Waals surface area contributed by atoms with Crippen molar-refractivity contribution in [1.29, 1.82) is 0 Å². The third kappa shape index (κ3) is 4.01. The first-order valence-corrected chi connectivity index (χ1v) is 14.5. The largest absolute Gasteiger partial charge is 0.430 e. The predicted molar refractivity (Wildman–Crippen MR) is 132 cm³/mol. The van der Waals surface area contributed by atoms with E-state index in [9.17, 15) is 4.79 Å². The van der Waals surface area contributed by atoms with Crippen molar-refractivity contribution < 1.29 is 14.3 Å². The number of ether oxygens (including phenoxy) is 2. The molecule has 0 aromatic rings. The molecule has 10 atom stereocenters. The third-order valence-corrected chi connectivity index (χ3v) is 11.8. The van der Waals surface area contributed by atoms with Gasteiger partial charge in [-0.15, -0.1) is 0 Å². The van der Waals surface area contributed by atoms with Gasteiger partial charge >= 0.3 is 5.97 Å². The van der Waals surface area contributed by atoms with Crippen LogP contribution in [0.5, 0.6) is 0 Å². The highest BCUT2D eigenvalue weighted by molar-refractivity contribution is 5.66. The minimum absolute atomic E-state index is 0.152. The van der Waals surface area contributed by atoms with Crippen molar-refractivity contribution in [2.45, 2.75) is 130 Å². The van der Waals surface area contributed by atoms with E-state index in [-0.39, 0.29) is 12.1 Å². The molecule has 5 rings (SSSR count). The van der Waals surface area contributed by atoms with Crippen LogP contribution in [0.2, 0.25) is 0 Å². The van der Waals surface area contributed by atoms with Gasteiger partial charge in [-0.2, -0.15) is 0 Å². The van der Waals surface area contributed by atoms with Gasteiger partial charge in [-0.05, 0) is 104 Å². The second-order valence-corrected chi connectivity index (χ2v) is 13.9. The topological polar surface area (TPSA) is 38.8 Å². The Hall–Kier alpha value is -0.570. The highest BCUT2D eigenvalue weighted by Gasteiger charge is 2.67. The summed E-state index contributed by atoms with van der Waals surface area (Å²) < 4.78 is 11.8. The molecule has 1 aliphatic heterocycles. The molecule has 5 fully saturated rings. The van der Waals surface area contributed by atoms with E-state index < -0.39 is 5.79 Å². The van der Waals surface area contributed by atoms with Gasteiger partial charge in [0.25, 0.3) is 0 Å². The minimum Gasteiger partial charge on any atom is -0.430 e. The van der Waals surface area contributed by atoms with Crippen LogP contribution in [-0.2, 0) is 14.3 Å². The monoisotopic (exact) mass is 458 g/mol. The number of rotatable bonds is 6. The average Bonchev–Trinajstić information content (AvgIpc) is 3.29. The van der Waals surface area contributed by atoms with Gasteiger partial charge in [-0.1, -0.05) is 53.9 Å². The van der Waals surface area contributed by atoms with Crippen molar-refractivity contribution in [3.63, 3.8) is 0 Å². The van der Waals surface area contributed by atoms with Crippen LogP contribution in [0.15, 0.2) is 0 Å². The van der Waals surface area contributed by atoms with Gasteiger partial charge in [0, 0.05) is 13.3 Å². The molecule has 0 N–H and O–H groups in total. The van der Waals surface area contributed by atoms with Crippen molar-refractivity contribution >= 4 is 5.97 Å². The van der Waals surface area contributed by atoms with E-state index in [0.717, 1.165) is 48.3 Å². The SMILES string of the molecule is CC(=O)O[C@@]12C[C@@H]3CC[C@H]4[C@@H](CC[C@@]5(C)[C@@H]4CC[C@H]5[C@H](C)CCCC(C)C)[C@@]3(C)CC[C@H]1O2. The van der Waals surface area contributed by atoms with Crippen LogP contribution in [0.25, 0.3) is 0 Å². The molecule has 3 nitrogen and oxygen atoms in total. The van der Waals surface area contributed by atoms with Gasteiger partial charge < -0.3 is 9.47 Å². The lowest BCUT2D eigenvalue weighted by Crippen LogP contribution is -2.52. The van der Waals surface area contributed by atoms with E-state index in [4.69, 9.17) is 9.47 Å². The normalized spacial score (nSPS) is 49.3. The Morgan fingerprint density at radius 1 is 0.939 bits per heavy atom. The van der Waals surface area contributed by atoms with Crippen LogP contribution in [0.3, 0.4) is 0 Å². The molecule has 0 aromatic carbocycles. The van der Waals surface area contributed by atoms with Gasteiger partial charge in [0.2, 0.25) is 5.79 Å². The van der Waals surface area contributed by atoms with Crippen molar-refractivity contribution in [2.75, 3.05) is 0 Å². The fourth-order valence-corrected chi connectivity index (χ4v) is 10.1. The molecule has 0 bridgehead atoms. The van der Waals surface area contributed by atoms with Crippen molar-refractivity contribution in [3.8, 4) is 0 Å². The van der Waals surface area contributed by atoms with E-state index >= 15 is 0 Å². The maximum absolute atomic E-state index is 11.8. The number of carbonyl (C=O) groups excluding carboxylic acids is 1. The number of esters is 1. The van der Waals surface area contributed by atoms with Crippen molar-refractivity contribution in [1.82, 2.24) is 0 Å². The van der Waals surface area contributed by atoms with E-state index in [0.29, 0.717) is 16.7 Å². The Morgan fingerprint density at radius 3 is 2.39 bits per heavy atom. The van der Waals surface area contributed by atoms with E-state index in [1.54, 1.807) is 0 Å². The predicted octanol–water partition coefficient (Wildman–Crippen LogP) is 7.77. The first kappa shape index (κ1) is 24.1. The van der Waals surface area contributed by atoms with Crippen LogP contribution < -0.4 is 0 Å². The van der Waals surface area contributed by atoms with E-state index in [2.05, 4.69) is 34.6 Å². The number of hydrogen-bond donors (Lipinski definition) is 0. The Kier molecular flexibility index (Phi) is 6.24. The molecule has 33 heavy (non-hydrogen) atoms. The summed E-state index contributed by atoms with van der Waals surface area (Å²) in [5.41, 5.74) is 0.964. The van der Waals surface area contributed by atoms with Gasteiger partial charge in [0.05, 0.1) is 0 Å². The van der Waals surface area contributed by atoms with Gasteiger partial charge in [-0.3, -0.25) is 4.79 Å². The first-order chi connectivity index (χ1) is 15.6. The molecule has 1 heterocycles. The summed E-state index contributed by atoms with van der Waals surface area (Å²) in [7, 11) is 0. The molecule has 0 amide bonds. The molecule has 0 unspecified atom stereocenters. The zero-order chi connectivity index (χ0) is 23.6. The molecule has 0 spiro atoms. The summed E-state index contributed by atoms with van der Waals surface area (Å²) in [6.45, 7) is 14.2. The molecular weight excluding hydrogens is 408 g/mol. The Labute approximate surface area is 203 Å². The number of hydrogen-bond acceptors (Lipinski definition) is 3. The zero-order valence-electron chi connectivity index (χ0n) is 22.3. The smallest absolute Gasteiger partial charge is 0.305 e. The number of carbonyl (C=O) groups is 1. The highest BCUT2D eigenvalue weighted by atomic mass is 16.8. The van der Waals surface area contributed by atoms with Crippen LogP contribution in [0.1, 0.15) is 119 Å². The summed E-state index contributed by atoms with van der Waals surface area (Å²) in [5, 5.41) is 0. The molecule has 5 aliphatic rings. The second kappa shape index (κ2) is 8.52. The second-order valence-electron chi connectivity index (χ2n) is 13.9. The van der Waals surface area contributed by atoms with Crippen LogP contribution in [0, 0.1) is 52.3 Å². The van der Waals surface area contributed by atoms with Crippen molar-refractivity contribution in [3.05, 3.63) is 0 Å². The summed E-state index contributed by atoms with van der Waals surface area (Å²) >= 11 is 0. The summed E-state index contributed by atoms with van der Waals surface area (Å²) in [6, 6.07) is 0. The van der Waals surface area contributed by atoms with Crippen LogP contribution >= 0.6 is 0 Å². The molecule has 0 radical (unpaired) electrons. The highest BCUT2D eigenvalue weighted by Crippen LogP contribution is 2.69. The summed E-state index contributed by atoms with van der Waals surface area (Å²) in [4.78, 5) is 11.8. The zero-order valence-corrected chi connectivity index (χ0v) is 22.3. The maximum Gasteiger partial charge on any atom is 0.305 e. The molecule has 4 saturated carbocycles. The van der Waals surface area contributed by atoms with Gasteiger partial charge in [-0.25, -0.2) is 0 Å². The molecule has 1 saturated heterocycles. The van der Waals surface area contributed by atoms with E-state index in [1.165, 1.54) is 71.1 Å². The van der Waals surface area contributed by atoms with Crippen LogP contribution in [0.4, 0.5) is 0 Å². The molecule has 3 heteroatoms. The lowest BCUT2D eigenvalue weighted by atomic mass is 9.45. The average molecular weight is 459 g/mol. The number of fused-ring (bicyclic) bond motifs is 6.